The average Bonchev–Trinajstić information content (AvgIpc) is 2.98. The Hall–Kier alpha value is -2.09. The molecular weight excluding hydrogens is 389 g/mol. The molecule has 2 aromatic carbocycles. The Morgan fingerprint density at radius 3 is 1.93 bits per heavy atom. The Bertz CT molecular complexity index is 997. The standard InChI is InChI=1S/C26H30NO2P/c1-25(2)14-22-15-26(3,18-25)19-27(22)30(28)16-23(20-10-6-4-7-11-20)29-24(17-30)21-12-8-5-9-13-21/h4-13,16-17,22H,14-15,18-19H2,1-3H3/t22-,26-/m1/s1. The largest absolute Gasteiger partial charge is 0.456 e. The van der Waals surface area contributed by atoms with E-state index in [4.69, 9.17) is 4.74 Å². The van der Waals surface area contributed by atoms with Gasteiger partial charge < -0.3 is 4.74 Å². The zero-order valence-corrected chi connectivity index (χ0v) is 18.9. The van der Waals surface area contributed by atoms with Crippen molar-refractivity contribution >= 4 is 18.8 Å². The van der Waals surface area contributed by atoms with E-state index in [0.717, 1.165) is 30.5 Å². The molecule has 0 radical (unpaired) electrons. The minimum Gasteiger partial charge on any atom is -0.456 e. The van der Waals surface area contributed by atoms with Gasteiger partial charge in [-0.3, -0.25) is 4.57 Å². The van der Waals surface area contributed by atoms with Gasteiger partial charge in [0.05, 0.1) is 0 Å². The minimum atomic E-state index is -2.89. The third-order valence-electron chi connectivity index (χ3n) is 6.73. The fourth-order valence-electron chi connectivity index (χ4n) is 5.96. The van der Waals surface area contributed by atoms with Gasteiger partial charge in [-0.05, 0) is 30.1 Å². The molecule has 156 valence electrons. The van der Waals surface area contributed by atoms with Crippen molar-refractivity contribution in [2.24, 2.45) is 10.8 Å². The van der Waals surface area contributed by atoms with Crippen LogP contribution in [0.3, 0.4) is 0 Å². The minimum absolute atomic E-state index is 0.226. The molecule has 0 N–H and O–H groups in total. The van der Waals surface area contributed by atoms with Crippen LogP contribution in [0.25, 0.3) is 11.5 Å². The lowest BCUT2D eigenvalue weighted by molar-refractivity contribution is 0.133. The number of hydrogen-bond donors (Lipinski definition) is 0. The summed E-state index contributed by atoms with van der Waals surface area (Å²) in [5.41, 5.74) is 2.44. The van der Waals surface area contributed by atoms with Crippen molar-refractivity contribution in [1.29, 1.82) is 0 Å². The first-order chi connectivity index (χ1) is 14.3. The lowest BCUT2D eigenvalue weighted by Gasteiger charge is -2.40. The normalized spacial score (nSPS) is 29.6. The van der Waals surface area contributed by atoms with E-state index in [-0.39, 0.29) is 10.8 Å². The molecule has 5 rings (SSSR count). The number of fused-ring (bicyclic) bond motifs is 2. The van der Waals surface area contributed by atoms with E-state index in [9.17, 15) is 4.57 Å². The predicted octanol–water partition coefficient (Wildman–Crippen LogP) is 7.19. The number of nitrogens with zero attached hydrogens (tertiary/aromatic N) is 1. The molecule has 1 saturated carbocycles. The van der Waals surface area contributed by atoms with E-state index < -0.39 is 7.29 Å². The Morgan fingerprint density at radius 1 is 0.867 bits per heavy atom. The van der Waals surface area contributed by atoms with E-state index in [1.807, 2.05) is 72.3 Å². The number of rotatable bonds is 3. The van der Waals surface area contributed by atoms with Gasteiger partial charge in [-0.1, -0.05) is 81.4 Å². The molecule has 1 saturated heterocycles. The summed E-state index contributed by atoms with van der Waals surface area (Å²) in [5, 5.41) is 0. The van der Waals surface area contributed by atoms with Crippen LogP contribution in [-0.4, -0.2) is 17.3 Å². The lowest BCUT2D eigenvalue weighted by atomic mass is 9.65. The Labute approximate surface area is 179 Å². The van der Waals surface area contributed by atoms with Gasteiger partial charge >= 0.3 is 0 Å². The topological polar surface area (TPSA) is 29.5 Å². The molecule has 0 spiro atoms. The predicted molar refractivity (Wildman–Crippen MR) is 124 cm³/mol. The summed E-state index contributed by atoms with van der Waals surface area (Å²) in [6.45, 7) is 7.97. The van der Waals surface area contributed by atoms with Crippen LogP contribution >= 0.6 is 7.29 Å². The first kappa shape index (κ1) is 19.8. The molecule has 0 unspecified atom stereocenters. The van der Waals surface area contributed by atoms with Crippen molar-refractivity contribution in [3.05, 3.63) is 83.4 Å². The summed E-state index contributed by atoms with van der Waals surface area (Å²) in [6.07, 6.45) is 3.41. The van der Waals surface area contributed by atoms with Crippen LogP contribution < -0.4 is 0 Å². The quantitative estimate of drug-likeness (QED) is 0.493. The molecule has 30 heavy (non-hydrogen) atoms. The van der Waals surface area contributed by atoms with Crippen molar-refractivity contribution in [2.45, 2.75) is 46.1 Å². The van der Waals surface area contributed by atoms with Crippen molar-refractivity contribution in [3.63, 3.8) is 0 Å². The van der Waals surface area contributed by atoms with E-state index in [1.54, 1.807) is 0 Å². The van der Waals surface area contributed by atoms with Gasteiger partial charge in [0.1, 0.15) is 11.5 Å². The third kappa shape index (κ3) is 3.59. The molecule has 2 atom stereocenters. The highest BCUT2D eigenvalue weighted by Crippen LogP contribution is 2.66. The smallest absolute Gasteiger partial charge is 0.200 e. The zero-order chi connectivity index (χ0) is 21.0. The first-order valence-corrected chi connectivity index (χ1v) is 12.7. The SMILES string of the molecule is CC1(C)C[C@@H]2C[C@@](C)(CN2P2(=O)C=C(c3ccccc3)OC(c3ccccc3)=C2)C1. The molecule has 2 aromatic rings. The molecule has 2 heterocycles. The molecule has 2 fully saturated rings. The summed E-state index contributed by atoms with van der Waals surface area (Å²) in [4.78, 5) is 0. The van der Waals surface area contributed by atoms with Crippen LogP contribution in [0.4, 0.5) is 0 Å². The van der Waals surface area contributed by atoms with Gasteiger partial charge in [0.15, 0.2) is 0 Å². The van der Waals surface area contributed by atoms with Gasteiger partial charge in [-0.25, -0.2) is 4.67 Å². The molecule has 0 amide bonds. The Morgan fingerprint density at radius 2 is 1.40 bits per heavy atom. The summed E-state index contributed by atoms with van der Waals surface area (Å²) in [5.74, 6) is 5.22. The van der Waals surface area contributed by atoms with Gasteiger partial charge in [0.25, 0.3) is 0 Å². The number of ether oxygens (including phenoxy) is 1. The van der Waals surface area contributed by atoms with Crippen molar-refractivity contribution in [3.8, 4) is 0 Å². The van der Waals surface area contributed by atoms with E-state index in [1.165, 1.54) is 6.42 Å². The van der Waals surface area contributed by atoms with E-state index in [2.05, 4.69) is 25.4 Å². The third-order valence-corrected chi connectivity index (χ3v) is 9.21. The van der Waals surface area contributed by atoms with Crippen LogP contribution in [0.2, 0.25) is 0 Å². The summed E-state index contributed by atoms with van der Waals surface area (Å²) < 4.78 is 23.2. The van der Waals surface area contributed by atoms with E-state index >= 15 is 0 Å². The first-order valence-electron chi connectivity index (χ1n) is 10.9. The second-order valence-corrected chi connectivity index (χ2v) is 12.7. The summed E-state index contributed by atoms with van der Waals surface area (Å²) in [7, 11) is -2.89. The monoisotopic (exact) mass is 419 g/mol. The number of hydrogen-bond acceptors (Lipinski definition) is 2. The van der Waals surface area contributed by atoms with Gasteiger partial charge in [0.2, 0.25) is 7.29 Å². The van der Waals surface area contributed by atoms with Gasteiger partial charge in [-0.15, -0.1) is 0 Å². The van der Waals surface area contributed by atoms with E-state index in [0.29, 0.717) is 17.6 Å². The maximum atomic E-state index is 14.6. The molecule has 2 aliphatic heterocycles. The van der Waals surface area contributed by atoms with Crippen LogP contribution in [-0.2, 0) is 9.30 Å². The fourth-order valence-corrected chi connectivity index (χ4v) is 8.64. The second kappa shape index (κ2) is 6.97. The highest BCUT2D eigenvalue weighted by molar-refractivity contribution is 7.68. The van der Waals surface area contributed by atoms with Crippen LogP contribution in [0, 0.1) is 10.8 Å². The van der Waals surface area contributed by atoms with Crippen molar-refractivity contribution in [1.82, 2.24) is 4.67 Å². The molecule has 3 nitrogen and oxygen atoms in total. The second-order valence-electron chi connectivity index (χ2n) is 10.3. The van der Waals surface area contributed by atoms with Crippen LogP contribution in [0.15, 0.2) is 72.3 Å². The molecule has 1 aliphatic carbocycles. The van der Waals surface area contributed by atoms with Gasteiger partial charge in [0, 0.05) is 35.3 Å². The zero-order valence-electron chi connectivity index (χ0n) is 18.0. The average molecular weight is 420 g/mol. The maximum absolute atomic E-state index is 14.6. The highest BCUT2D eigenvalue weighted by atomic mass is 31.2. The van der Waals surface area contributed by atoms with Crippen molar-refractivity contribution in [2.75, 3.05) is 6.54 Å². The molecular formula is C26H30NO2P. The highest BCUT2D eigenvalue weighted by Gasteiger charge is 2.53. The molecule has 0 aromatic heterocycles. The number of benzene rings is 2. The lowest BCUT2D eigenvalue weighted by Crippen LogP contribution is -2.33. The summed E-state index contributed by atoms with van der Waals surface area (Å²) >= 11 is 0. The Balaban J connectivity index is 1.60. The fraction of sp³-hybridized carbons (Fsp3) is 0.385. The van der Waals surface area contributed by atoms with Gasteiger partial charge in [-0.2, -0.15) is 0 Å². The molecule has 2 bridgehead atoms. The molecule has 3 aliphatic rings. The molecule has 4 heteroatoms. The van der Waals surface area contributed by atoms with Crippen LogP contribution in [0.5, 0.6) is 0 Å². The maximum Gasteiger partial charge on any atom is 0.200 e. The Kier molecular flexibility index (Phi) is 4.61. The van der Waals surface area contributed by atoms with Crippen LogP contribution in [0.1, 0.15) is 51.2 Å². The van der Waals surface area contributed by atoms with Crippen molar-refractivity contribution < 1.29 is 9.30 Å². The summed E-state index contributed by atoms with van der Waals surface area (Å²) in [6, 6.07) is 20.4.